The fourth-order valence-corrected chi connectivity index (χ4v) is 2.51. The number of hydrogen-bond acceptors (Lipinski definition) is 4. The van der Waals surface area contributed by atoms with E-state index in [4.69, 9.17) is 21.4 Å². The summed E-state index contributed by atoms with van der Waals surface area (Å²) in [6, 6.07) is 13.6. The van der Waals surface area contributed by atoms with E-state index in [9.17, 15) is 9.59 Å². The third-order valence-electron chi connectivity index (χ3n) is 3.95. The van der Waals surface area contributed by atoms with Crippen LogP contribution in [0.5, 0.6) is 5.75 Å². The van der Waals surface area contributed by atoms with Crippen molar-refractivity contribution < 1.29 is 19.4 Å². The number of aliphatic hydroxyl groups is 1. The predicted molar refractivity (Wildman–Crippen MR) is 114 cm³/mol. The summed E-state index contributed by atoms with van der Waals surface area (Å²) in [6.07, 6.45) is 3.55. The molecule has 2 aromatic carbocycles. The van der Waals surface area contributed by atoms with Gasteiger partial charge in [0.25, 0.3) is 11.8 Å². The zero-order valence-corrected chi connectivity index (χ0v) is 17.0. The minimum absolute atomic E-state index is 0.0639. The highest BCUT2D eigenvalue weighted by Gasteiger charge is 2.14. The van der Waals surface area contributed by atoms with E-state index < -0.39 is 11.8 Å². The van der Waals surface area contributed by atoms with Gasteiger partial charge in [0.1, 0.15) is 11.4 Å². The molecule has 0 saturated heterocycles. The monoisotopic (exact) mass is 416 g/mol. The van der Waals surface area contributed by atoms with Crippen LogP contribution < -0.4 is 15.4 Å². The largest absolute Gasteiger partial charge is 0.494 e. The lowest BCUT2D eigenvalue weighted by atomic mass is 10.1. The van der Waals surface area contributed by atoms with Crippen molar-refractivity contribution >= 4 is 29.5 Å². The molecule has 0 aromatic heterocycles. The molecule has 0 aliphatic carbocycles. The lowest BCUT2D eigenvalue weighted by molar-refractivity contribution is -0.117. The number of hydrogen-bond donors (Lipinski definition) is 3. The second kappa shape index (κ2) is 11.9. The zero-order chi connectivity index (χ0) is 21.1. The first-order valence-corrected chi connectivity index (χ1v) is 9.81. The summed E-state index contributed by atoms with van der Waals surface area (Å²) in [5, 5.41) is 14.7. The molecule has 2 rings (SSSR count). The van der Waals surface area contributed by atoms with Crippen molar-refractivity contribution in [3.63, 3.8) is 0 Å². The van der Waals surface area contributed by atoms with Gasteiger partial charge in [-0.15, -0.1) is 0 Å². The van der Waals surface area contributed by atoms with Crippen LogP contribution in [0.15, 0.2) is 54.2 Å². The van der Waals surface area contributed by atoms with Gasteiger partial charge in [-0.05, 0) is 54.5 Å². The summed E-state index contributed by atoms with van der Waals surface area (Å²) < 4.78 is 5.59. The molecule has 7 heteroatoms. The molecule has 6 nitrogen and oxygen atoms in total. The Balaban J connectivity index is 2.13. The molecular weight excluding hydrogens is 392 g/mol. The number of rotatable bonds is 10. The molecule has 0 bridgehead atoms. The smallest absolute Gasteiger partial charge is 0.267 e. The summed E-state index contributed by atoms with van der Waals surface area (Å²) in [5.74, 6) is -0.237. The maximum absolute atomic E-state index is 12.6. The fraction of sp³-hybridized carbons (Fsp3) is 0.273. The Morgan fingerprint density at radius 2 is 1.79 bits per heavy atom. The van der Waals surface area contributed by atoms with Gasteiger partial charge in [-0.25, -0.2) is 0 Å². The molecule has 0 heterocycles. The van der Waals surface area contributed by atoms with Crippen molar-refractivity contribution in [2.24, 2.45) is 0 Å². The van der Waals surface area contributed by atoms with Crippen LogP contribution in [0.4, 0.5) is 0 Å². The quantitative estimate of drug-likeness (QED) is 0.409. The second-order valence-electron chi connectivity index (χ2n) is 6.27. The van der Waals surface area contributed by atoms with Crippen LogP contribution in [-0.2, 0) is 4.79 Å². The maximum atomic E-state index is 12.6. The molecule has 29 heavy (non-hydrogen) atoms. The highest BCUT2D eigenvalue weighted by atomic mass is 35.5. The molecule has 2 amide bonds. The summed E-state index contributed by atoms with van der Waals surface area (Å²) in [7, 11) is 0. The van der Waals surface area contributed by atoms with Gasteiger partial charge in [0.2, 0.25) is 0 Å². The summed E-state index contributed by atoms with van der Waals surface area (Å²) in [5.41, 5.74) is 1.15. The Bertz CT molecular complexity index is 833. The molecule has 0 radical (unpaired) electrons. The highest BCUT2D eigenvalue weighted by molar-refractivity contribution is 6.30. The van der Waals surface area contributed by atoms with Gasteiger partial charge in [0.05, 0.1) is 13.2 Å². The van der Waals surface area contributed by atoms with Crippen LogP contribution in [0, 0.1) is 0 Å². The number of nitrogens with one attached hydrogen (secondary N) is 2. The van der Waals surface area contributed by atoms with E-state index in [0.717, 1.165) is 12.8 Å². The number of halogens is 1. The molecule has 0 unspecified atom stereocenters. The molecule has 0 saturated carbocycles. The number of benzene rings is 2. The normalized spacial score (nSPS) is 11.1. The van der Waals surface area contributed by atoms with Crippen LogP contribution in [-0.4, -0.2) is 36.7 Å². The SMILES string of the molecule is CCCCOc1ccc(C(=O)NC(=Cc2ccc(Cl)cc2)C(=O)NCCO)cc1. The molecular formula is C22H25ClN2O4. The molecule has 0 spiro atoms. The molecule has 0 aliphatic rings. The van der Waals surface area contributed by atoms with E-state index in [1.54, 1.807) is 54.6 Å². The van der Waals surface area contributed by atoms with E-state index in [-0.39, 0.29) is 18.8 Å². The van der Waals surface area contributed by atoms with Crippen molar-refractivity contribution in [2.75, 3.05) is 19.8 Å². The molecule has 0 fully saturated rings. The lowest BCUT2D eigenvalue weighted by Gasteiger charge is -2.11. The number of carbonyl (C=O) groups is 2. The number of carbonyl (C=O) groups excluding carboxylic acids is 2. The standard InChI is InChI=1S/C22H25ClN2O4/c1-2-3-14-29-19-10-6-17(7-11-19)21(27)25-20(22(28)24-12-13-26)15-16-4-8-18(23)9-5-16/h4-11,15,26H,2-3,12-14H2,1H3,(H,24,28)(H,25,27). The van der Waals surface area contributed by atoms with Gasteiger partial charge >= 0.3 is 0 Å². The zero-order valence-electron chi connectivity index (χ0n) is 16.3. The first-order valence-electron chi connectivity index (χ1n) is 9.44. The number of ether oxygens (including phenoxy) is 1. The fourth-order valence-electron chi connectivity index (χ4n) is 2.38. The Hall–Kier alpha value is -2.83. The number of aliphatic hydroxyl groups excluding tert-OH is 1. The third kappa shape index (κ3) is 7.60. The summed E-state index contributed by atoms with van der Waals surface area (Å²) in [6.45, 7) is 2.59. The Morgan fingerprint density at radius 1 is 1.10 bits per heavy atom. The minimum Gasteiger partial charge on any atom is -0.494 e. The maximum Gasteiger partial charge on any atom is 0.267 e. The van der Waals surface area contributed by atoms with E-state index in [0.29, 0.717) is 28.5 Å². The first kappa shape index (κ1) is 22.5. The van der Waals surface area contributed by atoms with Gasteiger partial charge in [-0.3, -0.25) is 9.59 Å². The van der Waals surface area contributed by atoms with E-state index >= 15 is 0 Å². The van der Waals surface area contributed by atoms with Gasteiger partial charge in [0, 0.05) is 17.1 Å². The van der Waals surface area contributed by atoms with Crippen molar-refractivity contribution in [3.05, 3.63) is 70.4 Å². The summed E-state index contributed by atoms with van der Waals surface area (Å²) >= 11 is 5.89. The molecule has 3 N–H and O–H groups in total. The molecule has 0 aliphatic heterocycles. The van der Waals surface area contributed by atoms with Gasteiger partial charge < -0.3 is 20.5 Å². The Morgan fingerprint density at radius 3 is 2.41 bits per heavy atom. The van der Waals surface area contributed by atoms with Crippen LogP contribution in [0.2, 0.25) is 5.02 Å². The van der Waals surface area contributed by atoms with Gasteiger partial charge in [-0.2, -0.15) is 0 Å². The van der Waals surface area contributed by atoms with Crippen molar-refractivity contribution in [1.82, 2.24) is 10.6 Å². The minimum atomic E-state index is -0.498. The molecule has 0 atom stereocenters. The predicted octanol–water partition coefficient (Wildman–Crippen LogP) is 3.40. The van der Waals surface area contributed by atoms with E-state index in [1.165, 1.54) is 0 Å². The third-order valence-corrected chi connectivity index (χ3v) is 4.21. The second-order valence-corrected chi connectivity index (χ2v) is 6.71. The van der Waals surface area contributed by atoms with Crippen molar-refractivity contribution in [3.8, 4) is 5.75 Å². The Labute approximate surface area is 175 Å². The lowest BCUT2D eigenvalue weighted by Crippen LogP contribution is -2.36. The van der Waals surface area contributed by atoms with Crippen LogP contribution >= 0.6 is 11.6 Å². The Kier molecular flexibility index (Phi) is 9.21. The highest BCUT2D eigenvalue weighted by Crippen LogP contribution is 2.15. The van der Waals surface area contributed by atoms with Crippen LogP contribution in [0.25, 0.3) is 6.08 Å². The van der Waals surface area contributed by atoms with Crippen LogP contribution in [0.3, 0.4) is 0 Å². The molecule has 2 aromatic rings. The first-order chi connectivity index (χ1) is 14.0. The average molecular weight is 417 g/mol. The number of unbranched alkanes of at least 4 members (excludes halogenated alkanes) is 1. The van der Waals surface area contributed by atoms with Crippen molar-refractivity contribution in [2.45, 2.75) is 19.8 Å². The summed E-state index contributed by atoms with van der Waals surface area (Å²) in [4.78, 5) is 25.0. The van der Waals surface area contributed by atoms with E-state index in [2.05, 4.69) is 17.6 Å². The van der Waals surface area contributed by atoms with Gasteiger partial charge in [-0.1, -0.05) is 37.1 Å². The van der Waals surface area contributed by atoms with E-state index in [1.807, 2.05) is 0 Å². The topological polar surface area (TPSA) is 87.7 Å². The van der Waals surface area contributed by atoms with Gasteiger partial charge in [0.15, 0.2) is 0 Å². The number of amides is 2. The van der Waals surface area contributed by atoms with Crippen molar-refractivity contribution in [1.29, 1.82) is 0 Å². The molecule has 154 valence electrons. The average Bonchev–Trinajstić information content (AvgIpc) is 2.73. The van der Waals surface area contributed by atoms with Crippen LogP contribution in [0.1, 0.15) is 35.7 Å².